The van der Waals surface area contributed by atoms with Gasteiger partial charge in [-0.1, -0.05) is 11.6 Å². The van der Waals surface area contributed by atoms with Gasteiger partial charge in [-0.15, -0.1) is 11.3 Å². The normalized spacial score (nSPS) is 23.3. The Morgan fingerprint density at radius 1 is 1.73 bits per heavy atom. The maximum atomic E-state index is 5.91. The molecule has 0 saturated heterocycles. The van der Waals surface area contributed by atoms with Gasteiger partial charge in [-0.25, -0.2) is 0 Å². The van der Waals surface area contributed by atoms with Gasteiger partial charge < -0.3 is 5.32 Å². The van der Waals surface area contributed by atoms with E-state index in [0.717, 1.165) is 17.3 Å². The minimum absolute atomic E-state index is 0.497. The summed E-state index contributed by atoms with van der Waals surface area (Å²) in [5, 5.41) is 3.40. The molecule has 1 atom stereocenters. The van der Waals surface area contributed by atoms with Crippen molar-refractivity contribution in [2.24, 2.45) is 0 Å². The molecule has 1 aromatic rings. The molecule has 1 aliphatic rings. The molecule has 0 aliphatic carbocycles. The molecule has 1 aliphatic heterocycles. The summed E-state index contributed by atoms with van der Waals surface area (Å²) in [4.78, 5) is 1.42. The Morgan fingerprint density at radius 3 is 3.27 bits per heavy atom. The third-order valence-electron chi connectivity index (χ3n) is 2.05. The van der Waals surface area contributed by atoms with E-state index in [1.54, 1.807) is 11.3 Å². The average molecular weight is 188 g/mol. The van der Waals surface area contributed by atoms with Crippen LogP contribution in [0.5, 0.6) is 0 Å². The predicted octanol–water partition coefficient (Wildman–Crippen LogP) is 2.61. The molecule has 60 valence electrons. The number of thiophene rings is 1. The Kier molecular flexibility index (Phi) is 1.91. The van der Waals surface area contributed by atoms with E-state index in [1.807, 2.05) is 0 Å². The van der Waals surface area contributed by atoms with Crippen molar-refractivity contribution in [3.05, 3.63) is 20.8 Å². The van der Waals surface area contributed by atoms with Crippen LogP contribution in [0.3, 0.4) is 0 Å². The number of hydrogen-bond donors (Lipinski definition) is 1. The molecule has 0 fully saturated rings. The van der Waals surface area contributed by atoms with Crippen LogP contribution < -0.4 is 5.32 Å². The quantitative estimate of drug-likeness (QED) is 0.659. The lowest BCUT2D eigenvalue weighted by molar-refractivity contribution is 0.551. The van der Waals surface area contributed by atoms with Crippen LogP contribution >= 0.6 is 22.9 Å². The molecular formula is C8H10ClNS. The summed E-state index contributed by atoms with van der Waals surface area (Å²) in [5.41, 5.74) is 1.44. The minimum Gasteiger partial charge on any atom is -0.309 e. The Labute approximate surface area is 75.4 Å². The van der Waals surface area contributed by atoms with Crippen LogP contribution in [-0.2, 0) is 6.42 Å². The second kappa shape index (κ2) is 2.77. The summed E-state index contributed by atoms with van der Waals surface area (Å²) in [5.74, 6) is 0. The molecule has 11 heavy (non-hydrogen) atoms. The number of nitrogens with one attached hydrogen (secondary N) is 1. The van der Waals surface area contributed by atoms with Crippen LogP contribution in [0.25, 0.3) is 0 Å². The Bertz CT molecular complexity index is 269. The summed E-state index contributed by atoms with van der Waals surface area (Å²) in [7, 11) is 0. The molecule has 0 saturated carbocycles. The lowest BCUT2D eigenvalue weighted by Gasteiger charge is -2.19. The highest BCUT2D eigenvalue weighted by molar-refractivity contribution is 7.16. The van der Waals surface area contributed by atoms with Gasteiger partial charge in [-0.05, 0) is 31.5 Å². The topological polar surface area (TPSA) is 12.0 Å². The lowest BCUT2D eigenvalue weighted by Crippen LogP contribution is -2.26. The van der Waals surface area contributed by atoms with Crippen LogP contribution in [0, 0.1) is 0 Å². The fraction of sp³-hybridized carbons (Fsp3) is 0.500. The molecular weight excluding hydrogens is 178 g/mol. The molecule has 1 aromatic heterocycles. The van der Waals surface area contributed by atoms with E-state index >= 15 is 0 Å². The van der Waals surface area contributed by atoms with Gasteiger partial charge in [-0.3, -0.25) is 0 Å². The van der Waals surface area contributed by atoms with Gasteiger partial charge in [0.05, 0.1) is 4.34 Å². The number of fused-ring (bicyclic) bond motifs is 1. The van der Waals surface area contributed by atoms with Crippen LogP contribution in [0.15, 0.2) is 6.07 Å². The third-order valence-corrected chi connectivity index (χ3v) is 3.54. The number of rotatable bonds is 0. The van der Waals surface area contributed by atoms with Gasteiger partial charge >= 0.3 is 0 Å². The highest BCUT2D eigenvalue weighted by Gasteiger charge is 2.17. The van der Waals surface area contributed by atoms with E-state index in [4.69, 9.17) is 11.6 Å². The van der Waals surface area contributed by atoms with Crippen molar-refractivity contribution in [3.8, 4) is 0 Å². The standard InChI is InChI=1S/C8H10ClNS/c1-5-8-6(2-3-10-5)4-7(9)11-8/h4-5,10H,2-3H2,1H3. The Morgan fingerprint density at radius 2 is 2.55 bits per heavy atom. The van der Waals surface area contributed by atoms with Crippen molar-refractivity contribution in [3.63, 3.8) is 0 Å². The largest absolute Gasteiger partial charge is 0.309 e. The van der Waals surface area contributed by atoms with E-state index < -0.39 is 0 Å². The summed E-state index contributed by atoms with van der Waals surface area (Å²) in [6.07, 6.45) is 1.13. The van der Waals surface area contributed by atoms with Crippen molar-refractivity contribution in [2.75, 3.05) is 6.54 Å². The summed E-state index contributed by atoms with van der Waals surface area (Å²) < 4.78 is 0.922. The van der Waals surface area contributed by atoms with E-state index in [-0.39, 0.29) is 0 Å². The first-order valence-corrected chi connectivity index (χ1v) is 4.98. The second-order valence-electron chi connectivity index (χ2n) is 2.87. The molecule has 1 nitrogen and oxygen atoms in total. The van der Waals surface area contributed by atoms with Crippen LogP contribution in [-0.4, -0.2) is 6.54 Å². The monoisotopic (exact) mass is 187 g/mol. The van der Waals surface area contributed by atoms with Crippen molar-refractivity contribution in [1.82, 2.24) is 5.32 Å². The predicted molar refractivity (Wildman–Crippen MR) is 49.5 cm³/mol. The fourth-order valence-corrected chi connectivity index (χ4v) is 2.83. The Hall–Kier alpha value is -0.0500. The number of hydrogen-bond acceptors (Lipinski definition) is 2. The SMILES string of the molecule is CC1NCCc2cc(Cl)sc21. The molecule has 2 heterocycles. The minimum atomic E-state index is 0.497. The zero-order valence-corrected chi connectivity index (χ0v) is 7.93. The fourth-order valence-electron chi connectivity index (χ4n) is 1.49. The molecule has 0 amide bonds. The number of halogens is 1. The first-order valence-electron chi connectivity index (χ1n) is 3.79. The maximum absolute atomic E-state index is 5.91. The molecule has 1 unspecified atom stereocenters. The van der Waals surface area contributed by atoms with Gasteiger partial charge in [0, 0.05) is 10.9 Å². The first kappa shape index (κ1) is 7.59. The molecule has 0 bridgehead atoms. The van der Waals surface area contributed by atoms with Crippen LogP contribution in [0.4, 0.5) is 0 Å². The molecule has 0 spiro atoms. The molecule has 2 rings (SSSR count). The zero-order chi connectivity index (χ0) is 7.84. The highest BCUT2D eigenvalue weighted by Crippen LogP contribution is 2.33. The molecule has 0 aromatic carbocycles. The van der Waals surface area contributed by atoms with Gasteiger partial charge in [0.15, 0.2) is 0 Å². The van der Waals surface area contributed by atoms with E-state index in [0.29, 0.717) is 6.04 Å². The summed E-state index contributed by atoms with van der Waals surface area (Å²) >= 11 is 7.61. The lowest BCUT2D eigenvalue weighted by atomic mass is 10.1. The van der Waals surface area contributed by atoms with Gasteiger partial charge in [0.1, 0.15) is 0 Å². The molecule has 0 radical (unpaired) electrons. The van der Waals surface area contributed by atoms with E-state index in [1.165, 1.54) is 10.4 Å². The third kappa shape index (κ3) is 1.31. The zero-order valence-electron chi connectivity index (χ0n) is 6.36. The highest BCUT2D eigenvalue weighted by atomic mass is 35.5. The molecule has 3 heteroatoms. The van der Waals surface area contributed by atoms with Crippen LogP contribution in [0.1, 0.15) is 23.4 Å². The Balaban J connectivity index is 2.43. The van der Waals surface area contributed by atoms with Crippen molar-refractivity contribution < 1.29 is 0 Å². The molecule has 1 N–H and O–H groups in total. The second-order valence-corrected chi connectivity index (χ2v) is 4.58. The average Bonchev–Trinajstić information content (AvgIpc) is 2.31. The van der Waals surface area contributed by atoms with Gasteiger partial charge in [0.25, 0.3) is 0 Å². The first-order chi connectivity index (χ1) is 5.27. The van der Waals surface area contributed by atoms with Crippen molar-refractivity contribution in [1.29, 1.82) is 0 Å². The smallest absolute Gasteiger partial charge is 0.0934 e. The summed E-state index contributed by atoms with van der Waals surface area (Å²) in [6, 6.07) is 2.59. The van der Waals surface area contributed by atoms with Crippen molar-refractivity contribution >= 4 is 22.9 Å². The summed E-state index contributed by atoms with van der Waals surface area (Å²) in [6.45, 7) is 3.27. The van der Waals surface area contributed by atoms with Crippen molar-refractivity contribution in [2.45, 2.75) is 19.4 Å². The maximum Gasteiger partial charge on any atom is 0.0934 e. The van der Waals surface area contributed by atoms with E-state index in [9.17, 15) is 0 Å². The van der Waals surface area contributed by atoms with Gasteiger partial charge in [0.2, 0.25) is 0 Å². The van der Waals surface area contributed by atoms with E-state index in [2.05, 4.69) is 18.3 Å². The van der Waals surface area contributed by atoms with Crippen LogP contribution in [0.2, 0.25) is 4.34 Å². The van der Waals surface area contributed by atoms with Gasteiger partial charge in [-0.2, -0.15) is 0 Å².